The van der Waals surface area contributed by atoms with Gasteiger partial charge in [-0.2, -0.15) is 0 Å². The lowest BCUT2D eigenvalue weighted by Gasteiger charge is -2.34. The number of nitrogens with zero attached hydrogens (tertiary/aromatic N) is 2. The molecule has 0 N–H and O–H groups in total. The molecule has 0 atom stereocenters. The van der Waals surface area contributed by atoms with Gasteiger partial charge in [0, 0.05) is 7.05 Å². The molecule has 1 heterocycles. The van der Waals surface area contributed by atoms with E-state index in [1.165, 1.54) is 4.90 Å². The van der Waals surface area contributed by atoms with E-state index >= 15 is 0 Å². The van der Waals surface area contributed by atoms with Crippen molar-refractivity contribution in [3.63, 3.8) is 0 Å². The van der Waals surface area contributed by atoms with Gasteiger partial charge in [-0.05, 0) is 24.3 Å². The second-order valence-electron chi connectivity index (χ2n) is 5.06. The van der Waals surface area contributed by atoms with Crippen LogP contribution in [0.25, 0.3) is 0 Å². The minimum absolute atomic E-state index is 0.315. The van der Waals surface area contributed by atoms with E-state index in [-0.39, 0.29) is 12.5 Å². The second kappa shape index (κ2) is 5.42. The molecule has 2 aromatic carbocycles. The number of benzene rings is 2. The van der Waals surface area contributed by atoms with Gasteiger partial charge in [-0.15, -0.1) is 0 Å². The molecule has 0 saturated carbocycles. The minimum Gasteiger partial charge on any atom is -0.312 e. The van der Waals surface area contributed by atoms with Gasteiger partial charge in [0.1, 0.15) is 6.54 Å². The van der Waals surface area contributed by atoms with Crippen LogP contribution >= 0.6 is 0 Å². The average Bonchev–Trinajstić information content (AvgIpc) is 2.55. The number of anilines is 2. The molecule has 4 nitrogen and oxygen atoms in total. The molecule has 0 unspecified atom stereocenters. The molecule has 0 fully saturated rings. The molecule has 0 aromatic heterocycles. The summed E-state index contributed by atoms with van der Waals surface area (Å²) in [7, 11) is 1.56. The van der Waals surface area contributed by atoms with Gasteiger partial charge >= 0.3 is 0 Å². The molecular formula is C16H11F3N2O2. The fourth-order valence-corrected chi connectivity index (χ4v) is 2.45. The first-order valence-corrected chi connectivity index (χ1v) is 6.72. The summed E-state index contributed by atoms with van der Waals surface area (Å²) in [5, 5.41) is 0. The van der Waals surface area contributed by atoms with Gasteiger partial charge in [0.05, 0.1) is 16.9 Å². The first-order valence-electron chi connectivity index (χ1n) is 6.72. The van der Waals surface area contributed by atoms with Gasteiger partial charge < -0.3 is 4.90 Å². The summed E-state index contributed by atoms with van der Waals surface area (Å²) in [6.45, 7) is -0.315. The zero-order valence-corrected chi connectivity index (χ0v) is 12.0. The van der Waals surface area contributed by atoms with Gasteiger partial charge in [0.2, 0.25) is 5.91 Å². The normalized spacial score (nSPS) is 14.0. The van der Waals surface area contributed by atoms with Crippen molar-refractivity contribution in [3.05, 3.63) is 59.4 Å². The summed E-state index contributed by atoms with van der Waals surface area (Å²) in [5.41, 5.74) is 0.236. The summed E-state index contributed by atoms with van der Waals surface area (Å²) in [5.74, 6) is -5.95. The van der Waals surface area contributed by atoms with Crippen molar-refractivity contribution in [3.8, 4) is 0 Å². The Morgan fingerprint density at radius 3 is 2.35 bits per heavy atom. The molecule has 2 amide bonds. The highest BCUT2D eigenvalue weighted by Crippen LogP contribution is 2.33. The zero-order chi connectivity index (χ0) is 16.7. The van der Waals surface area contributed by atoms with Crippen LogP contribution in [0.2, 0.25) is 0 Å². The Morgan fingerprint density at radius 1 is 1.00 bits per heavy atom. The molecule has 0 spiro atoms. The first kappa shape index (κ1) is 15.1. The van der Waals surface area contributed by atoms with Crippen molar-refractivity contribution in [2.45, 2.75) is 0 Å². The van der Waals surface area contributed by atoms with Crippen LogP contribution in [0.15, 0.2) is 36.4 Å². The minimum atomic E-state index is -1.72. The van der Waals surface area contributed by atoms with E-state index in [1.54, 1.807) is 31.3 Å². The van der Waals surface area contributed by atoms with Crippen molar-refractivity contribution < 1.29 is 22.8 Å². The van der Waals surface area contributed by atoms with E-state index in [2.05, 4.69) is 0 Å². The van der Waals surface area contributed by atoms with Crippen LogP contribution < -0.4 is 9.80 Å². The van der Waals surface area contributed by atoms with Crippen molar-refractivity contribution in [2.24, 2.45) is 0 Å². The monoisotopic (exact) mass is 320 g/mol. The predicted octanol–water partition coefficient (Wildman–Crippen LogP) is 2.73. The Morgan fingerprint density at radius 2 is 1.65 bits per heavy atom. The van der Waals surface area contributed by atoms with E-state index < -0.39 is 28.9 Å². The van der Waals surface area contributed by atoms with Crippen LogP contribution in [0.5, 0.6) is 0 Å². The van der Waals surface area contributed by atoms with E-state index in [0.717, 1.165) is 11.0 Å². The summed E-state index contributed by atoms with van der Waals surface area (Å²) in [4.78, 5) is 27.0. The fourth-order valence-electron chi connectivity index (χ4n) is 2.45. The van der Waals surface area contributed by atoms with Crippen LogP contribution in [0.4, 0.5) is 24.5 Å². The number of carbonyl (C=O) groups is 2. The van der Waals surface area contributed by atoms with Crippen molar-refractivity contribution in [1.82, 2.24) is 0 Å². The summed E-state index contributed by atoms with van der Waals surface area (Å²) in [6.07, 6.45) is 0. The zero-order valence-electron chi connectivity index (χ0n) is 12.0. The third-order valence-electron chi connectivity index (χ3n) is 3.71. The Balaban J connectivity index is 2.09. The SMILES string of the molecule is CN1C(=O)CN(C(=O)c2ccc(F)c(F)c2F)c2ccccc21. The van der Waals surface area contributed by atoms with Crippen LogP contribution in [0.3, 0.4) is 0 Å². The van der Waals surface area contributed by atoms with E-state index in [0.29, 0.717) is 17.4 Å². The number of carbonyl (C=O) groups excluding carboxylic acids is 2. The Kier molecular flexibility index (Phi) is 3.55. The van der Waals surface area contributed by atoms with Gasteiger partial charge in [0.15, 0.2) is 17.5 Å². The molecule has 7 heteroatoms. The van der Waals surface area contributed by atoms with Gasteiger partial charge in [0.25, 0.3) is 5.91 Å². The number of hydrogen-bond donors (Lipinski definition) is 0. The smallest absolute Gasteiger partial charge is 0.261 e. The molecule has 23 heavy (non-hydrogen) atoms. The molecular weight excluding hydrogens is 309 g/mol. The topological polar surface area (TPSA) is 40.6 Å². The van der Waals surface area contributed by atoms with E-state index in [1.807, 2.05) is 0 Å². The first-order chi connectivity index (χ1) is 10.9. The van der Waals surface area contributed by atoms with Gasteiger partial charge in [-0.1, -0.05) is 12.1 Å². The van der Waals surface area contributed by atoms with E-state index in [9.17, 15) is 22.8 Å². The summed E-state index contributed by atoms with van der Waals surface area (Å²) < 4.78 is 40.2. The number of amides is 2. The highest BCUT2D eigenvalue weighted by Gasteiger charge is 2.32. The summed E-state index contributed by atoms with van der Waals surface area (Å²) in [6, 6.07) is 8.11. The van der Waals surface area contributed by atoms with E-state index in [4.69, 9.17) is 0 Å². The Hall–Kier alpha value is -2.83. The predicted molar refractivity (Wildman–Crippen MR) is 77.8 cm³/mol. The van der Waals surface area contributed by atoms with Crippen LogP contribution in [-0.4, -0.2) is 25.4 Å². The number of para-hydroxylation sites is 2. The third-order valence-corrected chi connectivity index (χ3v) is 3.71. The lowest BCUT2D eigenvalue weighted by molar-refractivity contribution is -0.117. The molecule has 1 aliphatic heterocycles. The standard InChI is InChI=1S/C16H11F3N2O2/c1-20-11-4-2-3-5-12(11)21(8-13(20)22)16(23)9-6-7-10(17)15(19)14(9)18/h2-7H,8H2,1H3. The molecule has 1 aliphatic rings. The number of fused-ring (bicyclic) bond motifs is 1. The number of halogens is 3. The molecule has 0 saturated heterocycles. The lowest BCUT2D eigenvalue weighted by Crippen LogP contribution is -2.46. The maximum absolute atomic E-state index is 13.9. The Bertz CT molecular complexity index is 823. The Labute approximate surface area is 129 Å². The van der Waals surface area contributed by atoms with Crippen LogP contribution in [-0.2, 0) is 4.79 Å². The molecule has 0 aliphatic carbocycles. The largest absolute Gasteiger partial charge is 0.312 e. The molecule has 0 bridgehead atoms. The van der Waals surface area contributed by atoms with Gasteiger partial charge in [-0.25, -0.2) is 13.2 Å². The molecule has 3 rings (SSSR count). The van der Waals surface area contributed by atoms with Crippen LogP contribution in [0, 0.1) is 17.5 Å². The van der Waals surface area contributed by atoms with Crippen molar-refractivity contribution in [1.29, 1.82) is 0 Å². The maximum atomic E-state index is 13.9. The number of hydrogen-bond acceptors (Lipinski definition) is 2. The molecule has 0 radical (unpaired) electrons. The molecule has 118 valence electrons. The fraction of sp³-hybridized carbons (Fsp3) is 0.125. The average molecular weight is 320 g/mol. The molecule has 2 aromatic rings. The number of likely N-dealkylation sites (N-methyl/N-ethyl adjacent to an activating group) is 1. The van der Waals surface area contributed by atoms with Crippen molar-refractivity contribution in [2.75, 3.05) is 23.4 Å². The van der Waals surface area contributed by atoms with Gasteiger partial charge in [-0.3, -0.25) is 14.5 Å². The summed E-state index contributed by atoms with van der Waals surface area (Å²) >= 11 is 0. The highest BCUT2D eigenvalue weighted by atomic mass is 19.2. The lowest BCUT2D eigenvalue weighted by atomic mass is 10.1. The van der Waals surface area contributed by atoms with Crippen LogP contribution in [0.1, 0.15) is 10.4 Å². The maximum Gasteiger partial charge on any atom is 0.261 e. The second-order valence-corrected chi connectivity index (χ2v) is 5.06. The highest BCUT2D eigenvalue weighted by molar-refractivity contribution is 6.15. The van der Waals surface area contributed by atoms with Crippen molar-refractivity contribution >= 4 is 23.2 Å². The third kappa shape index (κ3) is 2.34. The quantitative estimate of drug-likeness (QED) is 0.758. The number of rotatable bonds is 1.